The molecule has 2 N–H and O–H groups in total. The number of nitrogens with zero attached hydrogens (tertiary/aromatic N) is 3. The van der Waals surface area contributed by atoms with Crippen LogP contribution >= 0.6 is 0 Å². The lowest BCUT2D eigenvalue weighted by atomic mass is 9.97. The minimum Gasteiger partial charge on any atom is -0.366 e. The Morgan fingerprint density at radius 2 is 2.04 bits per heavy atom. The Kier molecular flexibility index (Phi) is 4.39. The van der Waals surface area contributed by atoms with Crippen molar-refractivity contribution in [3.8, 4) is 11.5 Å². The summed E-state index contributed by atoms with van der Waals surface area (Å²) in [6.45, 7) is 1.77. The molecule has 26 heavy (non-hydrogen) atoms. The van der Waals surface area contributed by atoms with E-state index in [0.29, 0.717) is 23.3 Å². The van der Waals surface area contributed by atoms with E-state index in [9.17, 15) is 4.79 Å². The molecule has 6 nitrogen and oxygen atoms in total. The van der Waals surface area contributed by atoms with Crippen LogP contribution in [0.15, 0.2) is 59.1 Å². The maximum Gasteiger partial charge on any atom is 0.266 e. The van der Waals surface area contributed by atoms with E-state index >= 15 is 0 Å². The Balaban J connectivity index is 1.42. The number of nitrogens with two attached hydrogens (primary N) is 1. The van der Waals surface area contributed by atoms with Crippen molar-refractivity contribution in [2.75, 3.05) is 18.0 Å². The Morgan fingerprint density at radius 3 is 2.85 bits per heavy atom. The lowest BCUT2D eigenvalue weighted by molar-refractivity contribution is 0.1000. The zero-order valence-electron chi connectivity index (χ0n) is 14.3. The number of hydrogen-bond acceptors (Lipinski definition) is 5. The van der Waals surface area contributed by atoms with Crippen LogP contribution < -0.4 is 10.6 Å². The first-order valence-electron chi connectivity index (χ1n) is 8.72. The maximum atomic E-state index is 11.3. The molecule has 1 aromatic heterocycles. The Labute approximate surface area is 151 Å². The molecule has 0 radical (unpaired) electrons. The lowest BCUT2D eigenvalue weighted by Crippen LogP contribution is -2.21. The second-order valence-electron chi connectivity index (χ2n) is 6.64. The minimum absolute atomic E-state index is 0.389. The topological polar surface area (TPSA) is 85.3 Å². The number of aromatic nitrogens is 2. The molecule has 3 aromatic rings. The van der Waals surface area contributed by atoms with E-state index in [1.807, 2.05) is 48.5 Å². The predicted molar refractivity (Wildman–Crippen MR) is 98.7 cm³/mol. The van der Waals surface area contributed by atoms with Gasteiger partial charge < -0.3 is 15.2 Å². The van der Waals surface area contributed by atoms with E-state index in [0.717, 1.165) is 37.1 Å². The molecule has 1 saturated heterocycles. The van der Waals surface area contributed by atoms with Crippen LogP contribution in [0, 0.1) is 5.92 Å². The Bertz CT molecular complexity index is 907. The molecular weight excluding hydrogens is 328 g/mol. The van der Waals surface area contributed by atoms with E-state index in [4.69, 9.17) is 10.3 Å². The van der Waals surface area contributed by atoms with Crippen LogP contribution in [0.3, 0.4) is 0 Å². The fourth-order valence-electron chi connectivity index (χ4n) is 3.41. The first-order valence-corrected chi connectivity index (χ1v) is 8.72. The fraction of sp³-hybridized carbons (Fsp3) is 0.250. The van der Waals surface area contributed by atoms with Crippen molar-refractivity contribution in [3.63, 3.8) is 0 Å². The molecule has 132 valence electrons. The molecule has 0 unspecified atom stereocenters. The van der Waals surface area contributed by atoms with Gasteiger partial charge in [0.05, 0.1) is 0 Å². The van der Waals surface area contributed by atoms with Crippen LogP contribution in [-0.2, 0) is 6.42 Å². The average Bonchev–Trinajstić information content (AvgIpc) is 3.32. The molecule has 2 heterocycles. The molecule has 2 aromatic carbocycles. The fourth-order valence-corrected chi connectivity index (χ4v) is 3.41. The van der Waals surface area contributed by atoms with E-state index in [2.05, 4.69) is 15.0 Å². The van der Waals surface area contributed by atoms with Crippen LogP contribution in [-0.4, -0.2) is 29.1 Å². The molecular formula is C20H20N4O2. The van der Waals surface area contributed by atoms with Crippen molar-refractivity contribution in [2.24, 2.45) is 11.7 Å². The normalized spacial score (nSPS) is 16.8. The highest BCUT2D eigenvalue weighted by Gasteiger charge is 2.26. The number of carbonyl (C=O) groups excluding carboxylic acids is 1. The van der Waals surface area contributed by atoms with Crippen molar-refractivity contribution in [3.05, 3.63) is 65.7 Å². The van der Waals surface area contributed by atoms with Gasteiger partial charge in [0, 0.05) is 24.2 Å². The molecule has 0 bridgehead atoms. The van der Waals surface area contributed by atoms with Gasteiger partial charge in [0.25, 0.3) is 11.8 Å². The van der Waals surface area contributed by atoms with E-state index < -0.39 is 0 Å². The first kappa shape index (κ1) is 16.3. The second-order valence-corrected chi connectivity index (χ2v) is 6.64. The SMILES string of the molecule is NC(=O)c1cccc(C[C@@H]2CCN(c3noc(-c4ccccc4)n3)C2)c1. The van der Waals surface area contributed by atoms with E-state index in [1.54, 1.807) is 6.07 Å². The minimum atomic E-state index is -0.389. The summed E-state index contributed by atoms with van der Waals surface area (Å²) in [6.07, 6.45) is 1.96. The highest BCUT2D eigenvalue weighted by Crippen LogP contribution is 2.26. The smallest absolute Gasteiger partial charge is 0.266 e. The number of benzene rings is 2. The standard InChI is InChI=1S/C20H20N4O2/c21-18(25)17-8-4-5-14(12-17)11-15-9-10-24(13-15)20-22-19(26-23-20)16-6-2-1-3-7-16/h1-8,12,15H,9-11,13H2,(H2,21,25)/t15-/m0/s1. The van der Waals surface area contributed by atoms with Gasteiger partial charge in [0.2, 0.25) is 5.91 Å². The van der Waals surface area contributed by atoms with Gasteiger partial charge in [-0.2, -0.15) is 4.98 Å². The van der Waals surface area contributed by atoms with Crippen LogP contribution in [0.4, 0.5) is 5.95 Å². The van der Waals surface area contributed by atoms with Crippen LogP contribution in [0.1, 0.15) is 22.3 Å². The predicted octanol–water partition coefficient (Wildman–Crippen LogP) is 2.90. The molecule has 4 rings (SSSR count). The van der Waals surface area contributed by atoms with E-state index in [-0.39, 0.29) is 5.91 Å². The van der Waals surface area contributed by atoms with Crippen molar-refractivity contribution in [1.29, 1.82) is 0 Å². The van der Waals surface area contributed by atoms with Crippen molar-refractivity contribution in [2.45, 2.75) is 12.8 Å². The second kappa shape index (κ2) is 7.00. The number of anilines is 1. The third-order valence-corrected chi connectivity index (χ3v) is 4.74. The highest BCUT2D eigenvalue weighted by atomic mass is 16.5. The van der Waals surface area contributed by atoms with Crippen LogP contribution in [0.5, 0.6) is 0 Å². The largest absolute Gasteiger partial charge is 0.366 e. The molecule has 1 atom stereocenters. The van der Waals surface area contributed by atoms with Gasteiger partial charge in [-0.05, 0) is 53.7 Å². The molecule has 1 aliphatic rings. The molecule has 1 fully saturated rings. The molecule has 0 spiro atoms. The van der Waals surface area contributed by atoms with Crippen LogP contribution in [0.2, 0.25) is 0 Å². The summed E-state index contributed by atoms with van der Waals surface area (Å²) in [7, 11) is 0. The Morgan fingerprint density at radius 1 is 1.19 bits per heavy atom. The van der Waals surface area contributed by atoms with Crippen molar-refractivity contribution < 1.29 is 9.32 Å². The van der Waals surface area contributed by atoms with Gasteiger partial charge in [-0.25, -0.2) is 0 Å². The molecule has 6 heteroatoms. The molecule has 1 aliphatic heterocycles. The number of primary amides is 1. The van der Waals surface area contributed by atoms with Gasteiger partial charge in [-0.15, -0.1) is 0 Å². The number of carbonyl (C=O) groups is 1. The van der Waals surface area contributed by atoms with Gasteiger partial charge >= 0.3 is 0 Å². The summed E-state index contributed by atoms with van der Waals surface area (Å²) in [6, 6.07) is 17.3. The highest BCUT2D eigenvalue weighted by molar-refractivity contribution is 5.92. The van der Waals surface area contributed by atoms with Crippen molar-refractivity contribution in [1.82, 2.24) is 10.1 Å². The summed E-state index contributed by atoms with van der Waals surface area (Å²) < 4.78 is 5.40. The third-order valence-electron chi connectivity index (χ3n) is 4.74. The summed E-state index contributed by atoms with van der Waals surface area (Å²) in [4.78, 5) is 18.0. The molecule has 0 saturated carbocycles. The van der Waals surface area contributed by atoms with Gasteiger partial charge in [-0.1, -0.05) is 30.3 Å². The monoisotopic (exact) mass is 348 g/mol. The van der Waals surface area contributed by atoms with Gasteiger partial charge in [-0.3, -0.25) is 4.79 Å². The van der Waals surface area contributed by atoms with Crippen molar-refractivity contribution >= 4 is 11.9 Å². The van der Waals surface area contributed by atoms with Gasteiger partial charge in [0.1, 0.15) is 0 Å². The van der Waals surface area contributed by atoms with E-state index in [1.165, 1.54) is 0 Å². The zero-order valence-corrected chi connectivity index (χ0v) is 14.3. The quantitative estimate of drug-likeness (QED) is 0.766. The number of amides is 1. The first-order chi connectivity index (χ1) is 12.7. The lowest BCUT2D eigenvalue weighted by Gasteiger charge is -2.13. The van der Waals surface area contributed by atoms with Crippen LogP contribution in [0.25, 0.3) is 11.5 Å². The summed E-state index contributed by atoms with van der Waals surface area (Å²) in [5.41, 5.74) is 7.98. The van der Waals surface area contributed by atoms with Gasteiger partial charge in [0.15, 0.2) is 0 Å². The molecule has 1 amide bonds. The zero-order chi connectivity index (χ0) is 17.9. The summed E-state index contributed by atoms with van der Waals surface area (Å²) >= 11 is 0. The summed E-state index contributed by atoms with van der Waals surface area (Å²) in [5, 5.41) is 4.13. The maximum absolute atomic E-state index is 11.3. The third kappa shape index (κ3) is 3.44. The number of rotatable bonds is 5. The number of hydrogen-bond donors (Lipinski definition) is 1. The molecule has 0 aliphatic carbocycles. The summed E-state index contributed by atoms with van der Waals surface area (Å²) in [5.74, 6) is 1.27. The Hall–Kier alpha value is -3.15. The average molecular weight is 348 g/mol.